The van der Waals surface area contributed by atoms with Crippen LogP contribution in [0, 0.1) is 5.82 Å². The fourth-order valence-corrected chi connectivity index (χ4v) is 3.42. The number of nitrogens with one attached hydrogen (secondary N) is 1. The van der Waals surface area contributed by atoms with Crippen molar-refractivity contribution in [3.05, 3.63) is 60.5 Å². The zero-order valence-corrected chi connectivity index (χ0v) is 12.8. The number of thiazole rings is 1. The molecule has 2 heterocycles. The van der Waals surface area contributed by atoms with Gasteiger partial charge in [0.15, 0.2) is 5.13 Å². The molecule has 4 aromatic rings. The number of anilines is 1. The Hall–Kier alpha value is -2.73. The van der Waals surface area contributed by atoms with Gasteiger partial charge >= 0.3 is 0 Å². The smallest absolute Gasteiger partial charge is 0.246 e. The number of rotatable bonds is 3. The number of hydrogen-bond donors (Lipinski definition) is 1. The minimum Gasteiger partial charge on any atom is -0.338 e. The largest absolute Gasteiger partial charge is 0.338 e. The Morgan fingerprint density at radius 1 is 1.22 bits per heavy atom. The molecular weight excluding hydrogens is 313 g/mol. The summed E-state index contributed by atoms with van der Waals surface area (Å²) in [4.78, 5) is 16.6. The van der Waals surface area contributed by atoms with Crippen molar-refractivity contribution < 1.29 is 9.18 Å². The van der Waals surface area contributed by atoms with Crippen LogP contribution in [0.3, 0.4) is 0 Å². The van der Waals surface area contributed by atoms with E-state index in [1.165, 1.54) is 23.5 Å². The van der Waals surface area contributed by atoms with Gasteiger partial charge in [-0.3, -0.25) is 4.79 Å². The molecule has 0 radical (unpaired) electrons. The van der Waals surface area contributed by atoms with Gasteiger partial charge in [0.2, 0.25) is 5.91 Å². The minimum atomic E-state index is -0.316. The summed E-state index contributed by atoms with van der Waals surface area (Å²) in [7, 11) is 0. The molecule has 0 unspecified atom stereocenters. The highest BCUT2D eigenvalue weighted by atomic mass is 32.1. The van der Waals surface area contributed by atoms with Crippen LogP contribution in [0.2, 0.25) is 0 Å². The normalized spacial score (nSPS) is 11.2. The molecule has 0 aliphatic carbocycles. The summed E-state index contributed by atoms with van der Waals surface area (Å²) in [5.41, 5.74) is 1.56. The molecule has 2 aromatic heterocycles. The van der Waals surface area contributed by atoms with Crippen molar-refractivity contribution in [1.29, 1.82) is 0 Å². The third kappa shape index (κ3) is 2.68. The van der Waals surface area contributed by atoms with Crippen molar-refractivity contribution in [2.45, 2.75) is 6.54 Å². The lowest BCUT2D eigenvalue weighted by Gasteiger charge is -2.05. The second-order valence-corrected chi connectivity index (χ2v) is 6.21. The Morgan fingerprint density at radius 2 is 2.09 bits per heavy atom. The number of carbonyl (C=O) groups excluding carboxylic acids is 1. The summed E-state index contributed by atoms with van der Waals surface area (Å²) in [6.45, 7) is 0.114. The second-order valence-electron chi connectivity index (χ2n) is 5.18. The van der Waals surface area contributed by atoms with Crippen LogP contribution in [-0.4, -0.2) is 15.5 Å². The number of para-hydroxylation sites is 1. The van der Waals surface area contributed by atoms with Gasteiger partial charge in [-0.25, -0.2) is 9.37 Å². The van der Waals surface area contributed by atoms with Gasteiger partial charge in [0.25, 0.3) is 0 Å². The summed E-state index contributed by atoms with van der Waals surface area (Å²) in [5.74, 6) is -0.505. The first-order valence-electron chi connectivity index (χ1n) is 7.09. The molecule has 0 fully saturated rings. The van der Waals surface area contributed by atoms with E-state index in [9.17, 15) is 9.18 Å². The van der Waals surface area contributed by atoms with Crippen molar-refractivity contribution in [2.24, 2.45) is 0 Å². The second kappa shape index (κ2) is 5.48. The molecule has 6 heteroatoms. The van der Waals surface area contributed by atoms with Gasteiger partial charge in [0.1, 0.15) is 12.4 Å². The zero-order chi connectivity index (χ0) is 15.8. The van der Waals surface area contributed by atoms with E-state index in [2.05, 4.69) is 10.3 Å². The van der Waals surface area contributed by atoms with Gasteiger partial charge < -0.3 is 9.88 Å². The standard InChI is InChI=1S/C17H12FN3OS/c18-12-6-5-11-7-8-21(14(11)9-12)10-16(22)20-17-19-13-3-1-2-4-15(13)23-17/h1-9H,10H2,(H,19,20,22). The predicted octanol–water partition coefficient (Wildman–Crippen LogP) is 4.03. The third-order valence-corrected chi connectivity index (χ3v) is 4.54. The van der Waals surface area contributed by atoms with Gasteiger partial charge in [0.05, 0.1) is 15.7 Å². The molecule has 23 heavy (non-hydrogen) atoms. The Kier molecular flexibility index (Phi) is 3.31. The van der Waals surface area contributed by atoms with Gasteiger partial charge in [-0.2, -0.15) is 0 Å². The molecule has 0 saturated heterocycles. The van der Waals surface area contributed by atoms with Crippen LogP contribution in [0.4, 0.5) is 9.52 Å². The van der Waals surface area contributed by atoms with Gasteiger partial charge in [0, 0.05) is 6.20 Å². The molecule has 0 spiro atoms. The number of fused-ring (bicyclic) bond motifs is 2. The van der Waals surface area contributed by atoms with Gasteiger partial charge in [-0.05, 0) is 41.8 Å². The summed E-state index contributed by atoms with van der Waals surface area (Å²) >= 11 is 1.43. The molecular formula is C17H12FN3OS. The molecule has 114 valence electrons. The number of carbonyl (C=O) groups is 1. The van der Waals surface area contributed by atoms with E-state index in [0.29, 0.717) is 10.6 Å². The number of aromatic nitrogens is 2. The summed E-state index contributed by atoms with van der Waals surface area (Å²) < 4.78 is 16.1. The van der Waals surface area contributed by atoms with Crippen LogP contribution in [-0.2, 0) is 11.3 Å². The number of benzene rings is 2. The van der Waals surface area contributed by atoms with Crippen molar-refractivity contribution in [3.63, 3.8) is 0 Å². The first kappa shape index (κ1) is 13.9. The van der Waals surface area contributed by atoms with Crippen LogP contribution in [0.1, 0.15) is 0 Å². The molecule has 0 bridgehead atoms. The van der Waals surface area contributed by atoms with E-state index in [0.717, 1.165) is 15.6 Å². The third-order valence-electron chi connectivity index (χ3n) is 3.59. The summed E-state index contributed by atoms with van der Waals surface area (Å²) in [6, 6.07) is 14.1. The highest BCUT2D eigenvalue weighted by Gasteiger charge is 2.10. The highest BCUT2D eigenvalue weighted by Crippen LogP contribution is 2.25. The number of amides is 1. The van der Waals surface area contributed by atoms with E-state index in [-0.39, 0.29) is 18.3 Å². The molecule has 0 saturated carbocycles. The van der Waals surface area contributed by atoms with Crippen LogP contribution in [0.25, 0.3) is 21.1 Å². The quantitative estimate of drug-likeness (QED) is 0.618. The van der Waals surface area contributed by atoms with Crippen molar-refractivity contribution >= 4 is 43.5 Å². The lowest BCUT2D eigenvalue weighted by molar-refractivity contribution is -0.116. The fourth-order valence-electron chi connectivity index (χ4n) is 2.53. The van der Waals surface area contributed by atoms with E-state index in [4.69, 9.17) is 0 Å². The Morgan fingerprint density at radius 3 is 2.96 bits per heavy atom. The number of hydrogen-bond acceptors (Lipinski definition) is 3. The average Bonchev–Trinajstić information content (AvgIpc) is 3.10. The molecule has 0 aliphatic rings. The van der Waals surface area contributed by atoms with Crippen LogP contribution >= 0.6 is 11.3 Å². The topological polar surface area (TPSA) is 46.9 Å². The van der Waals surface area contributed by atoms with Crippen LogP contribution in [0.15, 0.2) is 54.7 Å². The first-order valence-corrected chi connectivity index (χ1v) is 7.90. The first-order chi connectivity index (χ1) is 11.2. The Bertz CT molecular complexity index is 988. The Labute approximate surface area is 135 Å². The van der Waals surface area contributed by atoms with E-state index < -0.39 is 0 Å². The van der Waals surface area contributed by atoms with Crippen LogP contribution in [0.5, 0.6) is 0 Å². The maximum atomic E-state index is 13.4. The lowest BCUT2D eigenvalue weighted by atomic mass is 10.2. The summed E-state index contributed by atoms with van der Waals surface area (Å²) in [6.07, 6.45) is 1.78. The number of halogens is 1. The molecule has 1 amide bonds. The predicted molar refractivity (Wildman–Crippen MR) is 90.1 cm³/mol. The average molecular weight is 325 g/mol. The fraction of sp³-hybridized carbons (Fsp3) is 0.0588. The maximum absolute atomic E-state index is 13.4. The number of nitrogens with zero attached hydrogens (tertiary/aromatic N) is 2. The monoisotopic (exact) mass is 325 g/mol. The maximum Gasteiger partial charge on any atom is 0.246 e. The Balaban J connectivity index is 1.56. The van der Waals surface area contributed by atoms with E-state index in [1.54, 1.807) is 16.8 Å². The molecule has 1 N–H and O–H groups in total. The lowest BCUT2D eigenvalue weighted by Crippen LogP contribution is -2.18. The van der Waals surface area contributed by atoms with Gasteiger partial charge in [-0.15, -0.1) is 0 Å². The summed E-state index contributed by atoms with van der Waals surface area (Å²) in [5, 5.41) is 4.27. The molecule has 4 rings (SSSR count). The molecule has 2 aromatic carbocycles. The zero-order valence-electron chi connectivity index (χ0n) is 12.0. The van der Waals surface area contributed by atoms with Crippen molar-refractivity contribution in [1.82, 2.24) is 9.55 Å². The van der Waals surface area contributed by atoms with Crippen LogP contribution < -0.4 is 5.32 Å². The van der Waals surface area contributed by atoms with E-state index >= 15 is 0 Å². The minimum absolute atomic E-state index is 0.114. The van der Waals surface area contributed by atoms with E-state index in [1.807, 2.05) is 30.3 Å². The molecule has 0 aliphatic heterocycles. The SMILES string of the molecule is O=C(Cn1ccc2ccc(F)cc21)Nc1nc2ccccc2s1. The van der Waals surface area contributed by atoms with Gasteiger partial charge in [-0.1, -0.05) is 23.5 Å². The van der Waals surface area contributed by atoms with Crippen molar-refractivity contribution in [2.75, 3.05) is 5.32 Å². The highest BCUT2D eigenvalue weighted by molar-refractivity contribution is 7.22. The molecule has 0 atom stereocenters. The van der Waals surface area contributed by atoms with Crippen molar-refractivity contribution in [3.8, 4) is 0 Å². The molecule has 4 nitrogen and oxygen atoms in total.